The molecule has 0 aromatic heterocycles. The number of likely N-dealkylation sites (tertiary alicyclic amines) is 1. The van der Waals surface area contributed by atoms with E-state index in [9.17, 15) is 14.4 Å². The van der Waals surface area contributed by atoms with Gasteiger partial charge in [0.2, 0.25) is 5.91 Å². The highest BCUT2D eigenvalue weighted by Gasteiger charge is 2.31. The molecule has 3 amide bonds. The first-order valence-electron chi connectivity index (χ1n) is 6.69. The standard InChI is InChI=1S/C14H17N3O4/c15-12(18)9-4-6-10(7-5-9)16-14(21)17-8-2-1-3-11(17)13(19)20/h4-7,11H,1-3,8H2,(H2,15,18)(H,16,21)(H,19,20). The number of nitrogens with two attached hydrogens (primary N) is 1. The van der Waals surface area contributed by atoms with Crippen LogP contribution in [0.2, 0.25) is 0 Å². The van der Waals surface area contributed by atoms with Crippen molar-refractivity contribution in [3.8, 4) is 0 Å². The lowest BCUT2D eigenvalue weighted by molar-refractivity contribution is -0.143. The Morgan fingerprint density at radius 3 is 2.43 bits per heavy atom. The van der Waals surface area contributed by atoms with E-state index in [-0.39, 0.29) is 0 Å². The van der Waals surface area contributed by atoms with Crippen LogP contribution in [-0.2, 0) is 4.79 Å². The van der Waals surface area contributed by atoms with Gasteiger partial charge >= 0.3 is 12.0 Å². The maximum atomic E-state index is 12.2. The van der Waals surface area contributed by atoms with Gasteiger partial charge in [-0.2, -0.15) is 0 Å². The number of urea groups is 1. The zero-order valence-electron chi connectivity index (χ0n) is 11.4. The van der Waals surface area contributed by atoms with E-state index in [1.807, 2.05) is 0 Å². The minimum atomic E-state index is -0.992. The molecule has 1 saturated heterocycles. The van der Waals surface area contributed by atoms with Gasteiger partial charge in [-0.1, -0.05) is 0 Å². The molecule has 1 atom stereocenters. The zero-order valence-corrected chi connectivity index (χ0v) is 11.4. The van der Waals surface area contributed by atoms with Gasteiger partial charge in [-0.05, 0) is 43.5 Å². The number of nitrogens with one attached hydrogen (secondary N) is 1. The van der Waals surface area contributed by atoms with Crippen molar-refractivity contribution in [3.63, 3.8) is 0 Å². The van der Waals surface area contributed by atoms with Crippen molar-refractivity contribution in [3.05, 3.63) is 29.8 Å². The van der Waals surface area contributed by atoms with Gasteiger partial charge in [0.05, 0.1) is 0 Å². The Morgan fingerprint density at radius 1 is 1.19 bits per heavy atom. The van der Waals surface area contributed by atoms with Crippen LogP contribution in [0.3, 0.4) is 0 Å². The van der Waals surface area contributed by atoms with Crippen LogP contribution in [0.5, 0.6) is 0 Å². The average molecular weight is 291 g/mol. The molecule has 7 nitrogen and oxygen atoms in total. The van der Waals surface area contributed by atoms with Crippen molar-refractivity contribution in [2.45, 2.75) is 25.3 Å². The Kier molecular flexibility index (Phi) is 4.42. The van der Waals surface area contributed by atoms with Gasteiger partial charge in [0, 0.05) is 17.8 Å². The van der Waals surface area contributed by atoms with E-state index in [2.05, 4.69) is 5.32 Å². The van der Waals surface area contributed by atoms with Crippen LogP contribution >= 0.6 is 0 Å². The molecule has 7 heteroatoms. The molecule has 1 aliphatic heterocycles. The predicted octanol–water partition coefficient (Wildman–Crippen LogP) is 1.26. The number of nitrogens with zero attached hydrogens (tertiary/aromatic N) is 1. The van der Waals surface area contributed by atoms with Crippen molar-refractivity contribution in [2.75, 3.05) is 11.9 Å². The molecule has 2 rings (SSSR count). The fourth-order valence-corrected chi connectivity index (χ4v) is 2.34. The largest absolute Gasteiger partial charge is 0.480 e. The first-order chi connectivity index (χ1) is 9.99. The number of carbonyl (C=O) groups is 3. The molecule has 0 aliphatic carbocycles. The van der Waals surface area contributed by atoms with Crippen LogP contribution in [0.25, 0.3) is 0 Å². The molecule has 1 heterocycles. The van der Waals surface area contributed by atoms with Gasteiger partial charge in [-0.15, -0.1) is 0 Å². The fourth-order valence-electron chi connectivity index (χ4n) is 2.34. The molecule has 21 heavy (non-hydrogen) atoms. The molecule has 0 bridgehead atoms. The van der Waals surface area contributed by atoms with E-state index < -0.39 is 23.9 Å². The average Bonchev–Trinajstić information content (AvgIpc) is 2.47. The second kappa shape index (κ2) is 6.25. The van der Waals surface area contributed by atoms with Crippen molar-refractivity contribution in [2.24, 2.45) is 5.73 Å². The van der Waals surface area contributed by atoms with Gasteiger partial charge in [0.25, 0.3) is 0 Å². The number of aliphatic carboxylic acids is 1. The number of hydrogen-bond donors (Lipinski definition) is 3. The molecular formula is C14H17N3O4. The summed E-state index contributed by atoms with van der Waals surface area (Å²) < 4.78 is 0. The molecule has 0 radical (unpaired) electrons. The third kappa shape index (κ3) is 3.50. The summed E-state index contributed by atoms with van der Waals surface area (Å²) in [4.78, 5) is 35.6. The molecular weight excluding hydrogens is 274 g/mol. The lowest BCUT2D eigenvalue weighted by atomic mass is 10.0. The molecule has 4 N–H and O–H groups in total. The number of carbonyl (C=O) groups excluding carboxylic acids is 2. The second-order valence-corrected chi connectivity index (χ2v) is 4.91. The number of carboxylic acids is 1. The van der Waals surface area contributed by atoms with Crippen LogP contribution in [0, 0.1) is 0 Å². The zero-order chi connectivity index (χ0) is 15.4. The second-order valence-electron chi connectivity index (χ2n) is 4.91. The SMILES string of the molecule is NC(=O)c1ccc(NC(=O)N2CCCCC2C(=O)O)cc1. The first kappa shape index (κ1) is 14.8. The van der Waals surface area contributed by atoms with Crippen LogP contribution in [0.4, 0.5) is 10.5 Å². The molecule has 1 aliphatic rings. The van der Waals surface area contributed by atoms with E-state index in [4.69, 9.17) is 10.8 Å². The molecule has 0 saturated carbocycles. The smallest absolute Gasteiger partial charge is 0.326 e. The highest BCUT2D eigenvalue weighted by Crippen LogP contribution is 2.19. The van der Waals surface area contributed by atoms with Crippen LogP contribution < -0.4 is 11.1 Å². The van der Waals surface area contributed by atoms with E-state index in [1.165, 1.54) is 17.0 Å². The summed E-state index contributed by atoms with van der Waals surface area (Å²) in [5.41, 5.74) is 5.96. The number of benzene rings is 1. The van der Waals surface area contributed by atoms with Gasteiger partial charge < -0.3 is 21.1 Å². The summed E-state index contributed by atoms with van der Waals surface area (Å²) in [7, 11) is 0. The van der Waals surface area contributed by atoms with Crippen molar-refractivity contribution in [1.82, 2.24) is 4.90 Å². The minimum absolute atomic E-state index is 0.342. The van der Waals surface area contributed by atoms with Gasteiger partial charge in [0.1, 0.15) is 6.04 Å². The lowest BCUT2D eigenvalue weighted by Crippen LogP contribution is -2.49. The van der Waals surface area contributed by atoms with Crippen molar-refractivity contribution >= 4 is 23.6 Å². The molecule has 112 valence electrons. The molecule has 1 aromatic rings. The highest BCUT2D eigenvalue weighted by molar-refractivity contribution is 5.95. The number of primary amides is 1. The van der Waals surface area contributed by atoms with Gasteiger partial charge in [0.15, 0.2) is 0 Å². The number of amides is 3. The number of anilines is 1. The summed E-state index contributed by atoms with van der Waals surface area (Å²) in [5, 5.41) is 11.8. The predicted molar refractivity (Wildman–Crippen MR) is 76.0 cm³/mol. The Hall–Kier alpha value is -2.57. The molecule has 1 aromatic carbocycles. The summed E-state index contributed by atoms with van der Waals surface area (Å²) >= 11 is 0. The molecule has 1 unspecified atom stereocenters. The van der Waals surface area contributed by atoms with Crippen molar-refractivity contribution < 1.29 is 19.5 Å². The number of hydrogen-bond acceptors (Lipinski definition) is 3. The maximum Gasteiger partial charge on any atom is 0.326 e. The summed E-state index contributed by atoms with van der Waals surface area (Å²) in [5.74, 6) is -1.54. The summed E-state index contributed by atoms with van der Waals surface area (Å²) in [6.45, 7) is 0.419. The van der Waals surface area contributed by atoms with Gasteiger partial charge in [-0.3, -0.25) is 4.79 Å². The third-order valence-electron chi connectivity index (χ3n) is 3.47. The highest BCUT2D eigenvalue weighted by atomic mass is 16.4. The summed E-state index contributed by atoms with van der Waals surface area (Å²) in [6, 6.07) is 4.87. The third-order valence-corrected chi connectivity index (χ3v) is 3.47. The molecule has 1 fully saturated rings. The lowest BCUT2D eigenvalue weighted by Gasteiger charge is -2.32. The van der Waals surface area contributed by atoms with Gasteiger partial charge in [-0.25, -0.2) is 9.59 Å². The normalized spacial score (nSPS) is 18.1. The monoisotopic (exact) mass is 291 g/mol. The minimum Gasteiger partial charge on any atom is -0.480 e. The Labute approximate surface area is 121 Å². The molecule has 0 spiro atoms. The Balaban J connectivity index is 2.05. The van der Waals surface area contributed by atoms with E-state index in [0.29, 0.717) is 24.2 Å². The number of rotatable bonds is 3. The topological polar surface area (TPSA) is 113 Å². The number of carboxylic acid groups (broad SMARTS) is 1. The Morgan fingerprint density at radius 2 is 1.86 bits per heavy atom. The fraction of sp³-hybridized carbons (Fsp3) is 0.357. The number of piperidine rings is 1. The van der Waals surface area contributed by atoms with Crippen LogP contribution in [0.1, 0.15) is 29.6 Å². The maximum absolute atomic E-state index is 12.2. The first-order valence-corrected chi connectivity index (χ1v) is 6.69. The summed E-state index contributed by atoms with van der Waals surface area (Å²) in [6.07, 6.45) is 2.05. The van der Waals surface area contributed by atoms with Crippen molar-refractivity contribution in [1.29, 1.82) is 0 Å². The van der Waals surface area contributed by atoms with Crippen LogP contribution in [-0.4, -0.2) is 40.5 Å². The van der Waals surface area contributed by atoms with E-state index in [1.54, 1.807) is 12.1 Å². The van der Waals surface area contributed by atoms with Crippen LogP contribution in [0.15, 0.2) is 24.3 Å². The van der Waals surface area contributed by atoms with E-state index >= 15 is 0 Å². The quantitative estimate of drug-likeness (QED) is 0.778. The Bertz CT molecular complexity index is 556. The van der Waals surface area contributed by atoms with E-state index in [0.717, 1.165) is 12.8 Å².